The summed E-state index contributed by atoms with van der Waals surface area (Å²) >= 11 is 1.24. The van der Waals surface area contributed by atoms with Gasteiger partial charge in [0.15, 0.2) is 5.78 Å². The van der Waals surface area contributed by atoms with Gasteiger partial charge in [-0.05, 0) is 26.2 Å². The molecular weight excluding hydrogens is 338 g/mol. The van der Waals surface area contributed by atoms with E-state index in [4.69, 9.17) is 4.74 Å². The first-order valence-electron chi connectivity index (χ1n) is 7.91. The van der Waals surface area contributed by atoms with Crippen LogP contribution < -0.4 is 4.74 Å². The van der Waals surface area contributed by atoms with Crippen molar-refractivity contribution in [3.05, 3.63) is 34.8 Å². The maximum atomic E-state index is 12.7. The Kier molecular flexibility index (Phi) is 5.06. The molecule has 0 aliphatic heterocycles. The van der Waals surface area contributed by atoms with Crippen molar-refractivity contribution in [1.82, 2.24) is 9.88 Å². The quantitative estimate of drug-likeness (QED) is 0.822. The standard InChI is InChI=1S/C18H19N3O3S/c1-21(2)9-8-19-12-10-13(22)17-15(16(12)23)20-18(25-17)11-6-4-5-7-14(11)24-3/h4-7H,8-10H2,1-3H3. The normalized spacial score (nSPS) is 15.8. The number of thiazole rings is 1. The minimum absolute atomic E-state index is 0.0484. The Morgan fingerprint density at radius 1 is 1.28 bits per heavy atom. The molecule has 1 aromatic heterocycles. The predicted octanol–water partition coefficient (Wildman–Crippen LogP) is 2.59. The molecular formula is C18H19N3O3S. The summed E-state index contributed by atoms with van der Waals surface area (Å²) in [5, 5.41) is 0.610. The molecule has 1 aliphatic rings. The van der Waals surface area contributed by atoms with Crippen molar-refractivity contribution in [3.8, 4) is 16.3 Å². The molecule has 0 amide bonds. The number of nitrogens with zero attached hydrogens (tertiary/aromatic N) is 3. The Balaban J connectivity index is 1.95. The third-order valence-electron chi connectivity index (χ3n) is 3.87. The molecule has 0 atom stereocenters. The number of carbonyl (C=O) groups excluding carboxylic acids is 2. The maximum absolute atomic E-state index is 12.7. The summed E-state index contributed by atoms with van der Waals surface area (Å²) in [6, 6.07) is 7.43. The van der Waals surface area contributed by atoms with E-state index >= 15 is 0 Å². The first-order valence-corrected chi connectivity index (χ1v) is 8.73. The molecule has 0 N–H and O–H groups in total. The van der Waals surface area contributed by atoms with Crippen LogP contribution in [0.15, 0.2) is 29.3 Å². The van der Waals surface area contributed by atoms with Crippen LogP contribution in [0.2, 0.25) is 0 Å². The smallest absolute Gasteiger partial charge is 0.227 e. The zero-order valence-electron chi connectivity index (χ0n) is 14.4. The van der Waals surface area contributed by atoms with Gasteiger partial charge in [0.25, 0.3) is 0 Å². The number of hydrogen-bond acceptors (Lipinski definition) is 7. The summed E-state index contributed by atoms with van der Waals surface area (Å²) in [5.74, 6) is 0.316. The van der Waals surface area contributed by atoms with Crippen LogP contribution in [-0.4, -0.2) is 61.5 Å². The molecule has 25 heavy (non-hydrogen) atoms. The van der Waals surface area contributed by atoms with Crippen molar-refractivity contribution >= 4 is 28.6 Å². The number of carbonyl (C=O) groups is 2. The average molecular weight is 357 g/mol. The number of hydrogen-bond donors (Lipinski definition) is 0. The van der Waals surface area contributed by atoms with Gasteiger partial charge in [-0.1, -0.05) is 12.1 Å². The number of Topliss-reactive ketones (excluding diaryl/α,β-unsaturated/α-hetero) is 2. The van der Waals surface area contributed by atoms with Crippen molar-refractivity contribution in [2.45, 2.75) is 6.42 Å². The highest BCUT2D eigenvalue weighted by Gasteiger charge is 2.33. The van der Waals surface area contributed by atoms with Gasteiger partial charge in [-0.3, -0.25) is 14.6 Å². The monoisotopic (exact) mass is 357 g/mol. The van der Waals surface area contributed by atoms with E-state index in [2.05, 4.69) is 9.98 Å². The number of rotatable bonds is 5. The zero-order chi connectivity index (χ0) is 18.0. The first kappa shape index (κ1) is 17.4. The van der Waals surface area contributed by atoms with Crippen LogP contribution in [-0.2, 0) is 0 Å². The molecule has 6 nitrogen and oxygen atoms in total. The topological polar surface area (TPSA) is 71.9 Å². The van der Waals surface area contributed by atoms with Gasteiger partial charge in [-0.2, -0.15) is 0 Å². The van der Waals surface area contributed by atoms with Gasteiger partial charge in [-0.15, -0.1) is 11.3 Å². The second-order valence-corrected chi connectivity index (χ2v) is 6.96. The van der Waals surface area contributed by atoms with E-state index < -0.39 is 0 Å². The molecule has 130 valence electrons. The number of aromatic nitrogens is 1. The van der Waals surface area contributed by atoms with Gasteiger partial charge in [0.05, 0.1) is 31.4 Å². The molecule has 0 fully saturated rings. The lowest BCUT2D eigenvalue weighted by molar-refractivity contribution is 0.0966. The number of methoxy groups -OCH3 is 1. The minimum Gasteiger partial charge on any atom is -0.496 e. The average Bonchev–Trinajstić information content (AvgIpc) is 3.05. The minimum atomic E-state index is -0.245. The molecule has 1 heterocycles. The van der Waals surface area contributed by atoms with Crippen molar-refractivity contribution in [2.24, 2.45) is 4.99 Å². The van der Waals surface area contributed by atoms with Crippen molar-refractivity contribution in [2.75, 3.05) is 34.3 Å². The second kappa shape index (κ2) is 7.25. The highest BCUT2D eigenvalue weighted by molar-refractivity contribution is 7.17. The summed E-state index contributed by atoms with van der Waals surface area (Å²) < 4.78 is 5.35. The molecule has 3 rings (SSSR count). The number of aliphatic imine (C=N–C) groups is 1. The molecule has 0 saturated heterocycles. The number of ether oxygens (including phenoxy) is 1. The van der Waals surface area contributed by atoms with Crippen LogP contribution >= 0.6 is 11.3 Å². The van der Waals surface area contributed by atoms with Crippen LogP contribution in [0.1, 0.15) is 26.6 Å². The molecule has 0 bridgehead atoms. The summed E-state index contributed by atoms with van der Waals surface area (Å²) in [6.45, 7) is 1.21. The predicted molar refractivity (Wildman–Crippen MR) is 98.2 cm³/mol. The largest absolute Gasteiger partial charge is 0.496 e. The molecule has 2 aromatic rings. The Morgan fingerprint density at radius 2 is 2.04 bits per heavy atom. The van der Waals surface area contributed by atoms with Gasteiger partial charge in [0.1, 0.15) is 21.3 Å². The Morgan fingerprint density at radius 3 is 2.76 bits per heavy atom. The van der Waals surface area contributed by atoms with E-state index in [0.717, 1.165) is 12.1 Å². The van der Waals surface area contributed by atoms with E-state index in [1.165, 1.54) is 11.3 Å². The lowest BCUT2D eigenvalue weighted by Gasteiger charge is -2.11. The fraction of sp³-hybridized carbons (Fsp3) is 0.333. The van der Waals surface area contributed by atoms with Crippen molar-refractivity contribution in [1.29, 1.82) is 0 Å². The summed E-state index contributed by atoms with van der Waals surface area (Å²) in [6.07, 6.45) is 0.0484. The SMILES string of the molecule is COc1ccccc1-c1nc2c(s1)C(=O)CC(=NCCN(C)C)C2=O. The second-order valence-electron chi connectivity index (χ2n) is 5.96. The fourth-order valence-electron chi connectivity index (χ4n) is 2.56. The number of para-hydroxylation sites is 1. The summed E-state index contributed by atoms with van der Waals surface area (Å²) in [7, 11) is 5.45. The molecule has 0 radical (unpaired) electrons. The van der Waals surface area contributed by atoms with E-state index in [1.54, 1.807) is 7.11 Å². The summed E-state index contributed by atoms with van der Waals surface area (Å²) in [5.41, 5.74) is 1.29. The van der Waals surface area contributed by atoms with Crippen LogP contribution in [0.3, 0.4) is 0 Å². The highest BCUT2D eigenvalue weighted by atomic mass is 32.1. The van der Waals surface area contributed by atoms with E-state index in [-0.39, 0.29) is 23.7 Å². The molecule has 1 aromatic carbocycles. The highest BCUT2D eigenvalue weighted by Crippen LogP contribution is 2.36. The zero-order valence-corrected chi connectivity index (χ0v) is 15.2. The van der Waals surface area contributed by atoms with Crippen molar-refractivity contribution < 1.29 is 14.3 Å². The van der Waals surface area contributed by atoms with E-state index in [0.29, 0.717) is 27.9 Å². The van der Waals surface area contributed by atoms with Gasteiger partial charge < -0.3 is 9.64 Å². The molecule has 0 unspecified atom stereocenters. The van der Waals surface area contributed by atoms with Crippen LogP contribution in [0, 0.1) is 0 Å². The number of benzene rings is 1. The molecule has 0 saturated carbocycles. The Labute approximate surface area is 150 Å². The Bertz CT molecular complexity index is 855. The van der Waals surface area contributed by atoms with Gasteiger partial charge in [0, 0.05) is 6.54 Å². The fourth-order valence-corrected chi connectivity index (χ4v) is 3.59. The van der Waals surface area contributed by atoms with Gasteiger partial charge in [0.2, 0.25) is 5.78 Å². The third kappa shape index (κ3) is 3.52. The molecule has 7 heteroatoms. The first-order chi connectivity index (χ1) is 12.0. The van der Waals surface area contributed by atoms with Crippen molar-refractivity contribution in [3.63, 3.8) is 0 Å². The van der Waals surface area contributed by atoms with E-state index in [1.807, 2.05) is 43.3 Å². The van der Waals surface area contributed by atoms with Gasteiger partial charge >= 0.3 is 0 Å². The van der Waals surface area contributed by atoms with E-state index in [9.17, 15) is 9.59 Å². The number of ketones is 2. The maximum Gasteiger partial charge on any atom is 0.227 e. The van der Waals surface area contributed by atoms with Gasteiger partial charge in [-0.25, -0.2) is 4.98 Å². The lowest BCUT2D eigenvalue weighted by Crippen LogP contribution is -2.27. The molecule has 0 spiro atoms. The lowest BCUT2D eigenvalue weighted by atomic mass is 9.98. The van der Waals surface area contributed by atoms with Crippen LogP contribution in [0.4, 0.5) is 0 Å². The molecule has 1 aliphatic carbocycles. The Hall–Kier alpha value is -2.38. The third-order valence-corrected chi connectivity index (χ3v) is 5.00. The summed E-state index contributed by atoms with van der Waals surface area (Å²) in [4.78, 5) is 36.2. The number of likely N-dealkylation sites (N-methyl/N-ethyl adjacent to an activating group) is 1. The number of fused-ring (bicyclic) bond motifs is 1. The van der Waals surface area contributed by atoms with Crippen LogP contribution in [0.25, 0.3) is 10.6 Å². The van der Waals surface area contributed by atoms with Crippen LogP contribution in [0.5, 0.6) is 5.75 Å².